The monoisotopic (exact) mass is 359 g/mol. The Labute approximate surface area is 158 Å². The summed E-state index contributed by atoms with van der Waals surface area (Å²) < 4.78 is 0. The molecule has 1 aromatic heterocycles. The highest BCUT2D eigenvalue weighted by molar-refractivity contribution is 5.96. The Balaban J connectivity index is 1.53. The van der Waals surface area contributed by atoms with Crippen LogP contribution in [-0.4, -0.2) is 29.9 Å². The summed E-state index contributed by atoms with van der Waals surface area (Å²) in [6.45, 7) is 2.52. The number of carbonyl (C=O) groups is 2. The van der Waals surface area contributed by atoms with Gasteiger partial charge in [-0.3, -0.25) is 14.6 Å². The molecule has 0 saturated carbocycles. The predicted octanol–water partition coefficient (Wildman–Crippen LogP) is 3.22. The number of amides is 2. The molecule has 0 saturated heterocycles. The molecule has 0 aliphatic rings. The van der Waals surface area contributed by atoms with Gasteiger partial charge in [0.15, 0.2) is 0 Å². The second-order valence-corrected chi connectivity index (χ2v) is 6.07. The summed E-state index contributed by atoms with van der Waals surface area (Å²) in [6, 6.07) is 22.4. The zero-order chi connectivity index (χ0) is 19.1. The summed E-state index contributed by atoms with van der Waals surface area (Å²) in [7, 11) is 0. The van der Waals surface area contributed by atoms with E-state index < -0.39 is 0 Å². The molecule has 0 atom stereocenters. The van der Waals surface area contributed by atoms with Crippen LogP contribution in [0.25, 0.3) is 11.3 Å². The first-order chi connectivity index (χ1) is 13.1. The number of aromatic nitrogens is 1. The van der Waals surface area contributed by atoms with Crippen molar-refractivity contribution in [1.29, 1.82) is 0 Å². The lowest BCUT2D eigenvalue weighted by Crippen LogP contribution is -2.35. The third kappa shape index (κ3) is 4.79. The summed E-state index contributed by atoms with van der Waals surface area (Å²) in [6.07, 6.45) is 0. The fourth-order valence-electron chi connectivity index (χ4n) is 2.71. The van der Waals surface area contributed by atoms with Gasteiger partial charge in [0.2, 0.25) is 0 Å². The molecule has 3 aromatic rings. The molecular formula is C22H21N3O2. The van der Waals surface area contributed by atoms with Crippen LogP contribution < -0.4 is 10.6 Å². The van der Waals surface area contributed by atoms with E-state index in [1.165, 1.54) is 0 Å². The average molecular weight is 359 g/mol. The lowest BCUT2D eigenvalue weighted by Gasteiger charge is -2.10. The Morgan fingerprint density at radius 1 is 0.778 bits per heavy atom. The first-order valence-corrected chi connectivity index (χ1v) is 8.79. The molecule has 27 heavy (non-hydrogen) atoms. The third-order valence-corrected chi connectivity index (χ3v) is 4.13. The Kier molecular flexibility index (Phi) is 5.94. The quantitative estimate of drug-likeness (QED) is 0.664. The van der Waals surface area contributed by atoms with E-state index in [4.69, 9.17) is 0 Å². The molecule has 5 heteroatoms. The Morgan fingerprint density at radius 2 is 1.37 bits per heavy atom. The van der Waals surface area contributed by atoms with Crippen molar-refractivity contribution in [3.8, 4) is 11.3 Å². The number of pyridine rings is 1. The van der Waals surface area contributed by atoms with E-state index >= 15 is 0 Å². The number of nitrogens with zero attached hydrogens (tertiary/aromatic N) is 1. The summed E-state index contributed by atoms with van der Waals surface area (Å²) in [5, 5.41) is 5.59. The van der Waals surface area contributed by atoms with Gasteiger partial charge in [-0.1, -0.05) is 48.5 Å². The largest absolute Gasteiger partial charge is 0.350 e. The molecule has 0 fully saturated rings. The van der Waals surface area contributed by atoms with Crippen LogP contribution in [0.4, 0.5) is 0 Å². The molecule has 0 radical (unpaired) electrons. The molecule has 2 amide bonds. The van der Waals surface area contributed by atoms with Crippen LogP contribution in [0.2, 0.25) is 0 Å². The summed E-state index contributed by atoms with van der Waals surface area (Å²) in [5.41, 5.74) is 3.64. The third-order valence-electron chi connectivity index (χ3n) is 4.13. The molecule has 3 rings (SSSR count). The molecule has 0 unspecified atom stereocenters. The van der Waals surface area contributed by atoms with Crippen LogP contribution in [0.15, 0.2) is 72.8 Å². The van der Waals surface area contributed by atoms with Crippen molar-refractivity contribution < 1.29 is 9.59 Å². The van der Waals surface area contributed by atoms with E-state index in [9.17, 15) is 9.59 Å². The number of nitrogens with one attached hydrogen (secondary N) is 2. The predicted molar refractivity (Wildman–Crippen MR) is 106 cm³/mol. The number of rotatable bonds is 6. The maximum Gasteiger partial charge on any atom is 0.253 e. The van der Waals surface area contributed by atoms with Crippen LogP contribution in [0.3, 0.4) is 0 Å². The number of benzene rings is 2. The van der Waals surface area contributed by atoms with E-state index in [0.717, 1.165) is 11.3 Å². The highest BCUT2D eigenvalue weighted by Crippen LogP contribution is 2.18. The first kappa shape index (κ1) is 18.3. The molecule has 2 aromatic carbocycles. The maximum atomic E-state index is 12.4. The molecule has 2 N–H and O–H groups in total. The van der Waals surface area contributed by atoms with Gasteiger partial charge >= 0.3 is 0 Å². The number of aryl methyl sites for hydroxylation is 1. The highest BCUT2D eigenvalue weighted by atomic mass is 16.2. The molecule has 0 bridgehead atoms. The number of hydrogen-bond donors (Lipinski definition) is 2. The Hall–Kier alpha value is -3.47. The van der Waals surface area contributed by atoms with E-state index in [2.05, 4.69) is 15.6 Å². The topological polar surface area (TPSA) is 71.1 Å². The highest BCUT2D eigenvalue weighted by Gasteiger charge is 2.11. The molecule has 136 valence electrons. The van der Waals surface area contributed by atoms with Crippen molar-refractivity contribution in [3.05, 3.63) is 89.6 Å². The molecule has 5 nitrogen and oxygen atoms in total. The van der Waals surface area contributed by atoms with Gasteiger partial charge < -0.3 is 10.6 Å². The van der Waals surface area contributed by atoms with Crippen LogP contribution in [-0.2, 0) is 0 Å². The van der Waals surface area contributed by atoms with Crippen molar-refractivity contribution in [2.45, 2.75) is 6.92 Å². The summed E-state index contributed by atoms with van der Waals surface area (Å²) in [4.78, 5) is 28.8. The summed E-state index contributed by atoms with van der Waals surface area (Å²) in [5.74, 6) is -0.358. The van der Waals surface area contributed by atoms with Crippen LogP contribution >= 0.6 is 0 Å². The molecule has 1 heterocycles. The second kappa shape index (κ2) is 8.76. The molecule has 0 spiro atoms. The van der Waals surface area contributed by atoms with E-state index in [1.807, 2.05) is 61.5 Å². The Bertz CT molecular complexity index is 925. The van der Waals surface area contributed by atoms with Crippen LogP contribution in [0, 0.1) is 6.92 Å². The van der Waals surface area contributed by atoms with Crippen molar-refractivity contribution >= 4 is 11.8 Å². The standard InChI is InChI=1S/C22H21N3O2/c1-16-19(12-13-20(25-16)17-8-4-2-5-9-17)22(27)24-15-14-23-21(26)18-10-6-3-7-11-18/h2-13H,14-15H2,1H3,(H,23,26)(H,24,27). The minimum absolute atomic E-state index is 0.157. The van der Waals surface area contributed by atoms with Crippen molar-refractivity contribution in [2.24, 2.45) is 0 Å². The fourth-order valence-corrected chi connectivity index (χ4v) is 2.71. The normalized spacial score (nSPS) is 10.3. The van der Waals surface area contributed by atoms with Crippen molar-refractivity contribution in [3.63, 3.8) is 0 Å². The fraction of sp³-hybridized carbons (Fsp3) is 0.136. The van der Waals surface area contributed by atoms with E-state index in [1.54, 1.807) is 18.2 Å². The zero-order valence-corrected chi connectivity index (χ0v) is 15.1. The van der Waals surface area contributed by atoms with Gasteiger partial charge in [-0.2, -0.15) is 0 Å². The number of hydrogen-bond acceptors (Lipinski definition) is 3. The van der Waals surface area contributed by atoms with Crippen LogP contribution in [0.1, 0.15) is 26.4 Å². The van der Waals surface area contributed by atoms with Gasteiger partial charge in [0.05, 0.1) is 17.0 Å². The maximum absolute atomic E-state index is 12.4. The second-order valence-electron chi connectivity index (χ2n) is 6.07. The van der Waals surface area contributed by atoms with Gasteiger partial charge in [0, 0.05) is 24.2 Å². The lowest BCUT2D eigenvalue weighted by molar-refractivity contribution is 0.0927. The Morgan fingerprint density at radius 3 is 2.00 bits per heavy atom. The smallest absolute Gasteiger partial charge is 0.253 e. The molecular weight excluding hydrogens is 338 g/mol. The molecule has 0 aliphatic heterocycles. The van der Waals surface area contributed by atoms with E-state index in [0.29, 0.717) is 29.9 Å². The first-order valence-electron chi connectivity index (χ1n) is 8.79. The van der Waals surface area contributed by atoms with E-state index in [-0.39, 0.29) is 11.8 Å². The zero-order valence-electron chi connectivity index (χ0n) is 15.1. The van der Waals surface area contributed by atoms with Gasteiger partial charge in [-0.25, -0.2) is 0 Å². The van der Waals surface area contributed by atoms with Crippen LogP contribution in [0.5, 0.6) is 0 Å². The van der Waals surface area contributed by atoms with Crippen molar-refractivity contribution in [2.75, 3.05) is 13.1 Å². The van der Waals surface area contributed by atoms with Gasteiger partial charge in [0.25, 0.3) is 11.8 Å². The molecule has 0 aliphatic carbocycles. The SMILES string of the molecule is Cc1nc(-c2ccccc2)ccc1C(=O)NCCNC(=O)c1ccccc1. The van der Waals surface area contributed by atoms with Gasteiger partial charge in [-0.05, 0) is 31.2 Å². The van der Waals surface area contributed by atoms with Crippen molar-refractivity contribution in [1.82, 2.24) is 15.6 Å². The van der Waals surface area contributed by atoms with Gasteiger partial charge in [-0.15, -0.1) is 0 Å². The minimum Gasteiger partial charge on any atom is -0.350 e. The number of carbonyl (C=O) groups excluding carboxylic acids is 2. The van der Waals surface area contributed by atoms with Gasteiger partial charge in [0.1, 0.15) is 0 Å². The average Bonchev–Trinajstić information content (AvgIpc) is 2.72. The lowest BCUT2D eigenvalue weighted by atomic mass is 10.1. The summed E-state index contributed by atoms with van der Waals surface area (Å²) >= 11 is 0. The minimum atomic E-state index is -0.200.